The van der Waals surface area contributed by atoms with Gasteiger partial charge in [-0.1, -0.05) is 18.1 Å². The third-order valence-electron chi connectivity index (χ3n) is 7.28. The van der Waals surface area contributed by atoms with Gasteiger partial charge in [-0.3, -0.25) is 9.59 Å². The van der Waals surface area contributed by atoms with E-state index in [4.69, 9.17) is 0 Å². The molecule has 0 aromatic heterocycles. The monoisotopic (exact) mass is 286 g/mol. The molecule has 0 N–H and O–H groups in total. The summed E-state index contributed by atoms with van der Waals surface area (Å²) < 4.78 is 0. The number of fused-ring (bicyclic) bond motifs is 4. The van der Waals surface area contributed by atoms with E-state index in [1.165, 1.54) is 18.4 Å². The molecule has 0 spiro atoms. The highest BCUT2D eigenvalue weighted by atomic mass is 16.1. The van der Waals surface area contributed by atoms with Crippen molar-refractivity contribution >= 4 is 11.6 Å². The molecule has 2 heteroatoms. The molecule has 0 aromatic rings. The molecule has 114 valence electrons. The SMILES string of the molecule is CCC12CC[C@@H]3C4=C(CC[C@H]3[C@@H]1CCC2=O)CC(=O)CC4. The molecule has 2 nitrogen and oxygen atoms in total. The Bertz CT molecular complexity index is 530. The van der Waals surface area contributed by atoms with Crippen molar-refractivity contribution in [3.63, 3.8) is 0 Å². The van der Waals surface area contributed by atoms with Crippen LogP contribution in [0.3, 0.4) is 0 Å². The van der Waals surface area contributed by atoms with E-state index in [0.29, 0.717) is 23.4 Å². The van der Waals surface area contributed by atoms with Crippen molar-refractivity contribution in [3.8, 4) is 0 Å². The zero-order chi connectivity index (χ0) is 14.6. The van der Waals surface area contributed by atoms with E-state index in [9.17, 15) is 9.59 Å². The van der Waals surface area contributed by atoms with Crippen LogP contribution in [0, 0.1) is 23.2 Å². The fourth-order valence-corrected chi connectivity index (χ4v) is 6.27. The lowest BCUT2D eigenvalue weighted by molar-refractivity contribution is -0.131. The lowest BCUT2D eigenvalue weighted by Gasteiger charge is -2.50. The fourth-order valence-electron chi connectivity index (χ4n) is 6.27. The summed E-state index contributed by atoms with van der Waals surface area (Å²) in [6.45, 7) is 2.23. The van der Waals surface area contributed by atoms with Gasteiger partial charge in [0.05, 0.1) is 0 Å². The molecule has 2 fully saturated rings. The van der Waals surface area contributed by atoms with E-state index < -0.39 is 0 Å². The van der Waals surface area contributed by atoms with Crippen LogP contribution in [0.15, 0.2) is 11.1 Å². The van der Waals surface area contributed by atoms with Crippen LogP contribution in [0.1, 0.15) is 71.1 Å². The molecule has 4 aliphatic rings. The van der Waals surface area contributed by atoms with Gasteiger partial charge in [0.2, 0.25) is 0 Å². The topological polar surface area (TPSA) is 34.1 Å². The number of carbonyl (C=O) groups is 2. The molecule has 0 heterocycles. The van der Waals surface area contributed by atoms with Crippen molar-refractivity contribution in [2.24, 2.45) is 23.2 Å². The summed E-state index contributed by atoms with van der Waals surface area (Å²) in [5, 5.41) is 0. The second-order valence-electron chi connectivity index (χ2n) is 7.77. The van der Waals surface area contributed by atoms with Crippen LogP contribution in [0.2, 0.25) is 0 Å². The van der Waals surface area contributed by atoms with E-state index in [0.717, 1.165) is 57.3 Å². The first-order valence-electron chi connectivity index (χ1n) is 8.91. The molecule has 0 aliphatic heterocycles. The molecular weight excluding hydrogens is 260 g/mol. The maximum absolute atomic E-state index is 12.5. The molecule has 21 heavy (non-hydrogen) atoms. The Morgan fingerprint density at radius 3 is 2.71 bits per heavy atom. The van der Waals surface area contributed by atoms with Crippen LogP contribution in [0.4, 0.5) is 0 Å². The summed E-state index contributed by atoms with van der Waals surface area (Å²) in [6, 6.07) is 0. The second-order valence-corrected chi connectivity index (χ2v) is 7.77. The van der Waals surface area contributed by atoms with Gasteiger partial charge in [-0.15, -0.1) is 0 Å². The highest BCUT2D eigenvalue weighted by Gasteiger charge is 2.56. The molecule has 4 aliphatic carbocycles. The van der Waals surface area contributed by atoms with Crippen molar-refractivity contribution < 1.29 is 9.59 Å². The maximum Gasteiger partial charge on any atom is 0.139 e. The number of allylic oxidation sites excluding steroid dienone is 2. The van der Waals surface area contributed by atoms with Gasteiger partial charge in [0.25, 0.3) is 0 Å². The average molecular weight is 286 g/mol. The molecule has 0 amide bonds. The minimum absolute atomic E-state index is 0.0315. The third kappa shape index (κ3) is 1.83. The quantitative estimate of drug-likeness (QED) is 0.676. The Balaban J connectivity index is 1.67. The Morgan fingerprint density at radius 1 is 1.05 bits per heavy atom. The van der Waals surface area contributed by atoms with Crippen LogP contribution < -0.4 is 0 Å². The van der Waals surface area contributed by atoms with Crippen molar-refractivity contribution in [2.75, 3.05) is 0 Å². The second kappa shape index (κ2) is 4.79. The zero-order valence-electron chi connectivity index (χ0n) is 13.1. The summed E-state index contributed by atoms with van der Waals surface area (Å²) in [6.07, 6.45) is 10.2. The van der Waals surface area contributed by atoms with Crippen LogP contribution in [-0.2, 0) is 9.59 Å². The predicted octanol–water partition coefficient (Wildman–Crippen LogP) is 4.23. The van der Waals surface area contributed by atoms with Gasteiger partial charge in [-0.05, 0) is 62.7 Å². The summed E-state index contributed by atoms with van der Waals surface area (Å²) in [5.41, 5.74) is 3.17. The number of hydrogen-bond acceptors (Lipinski definition) is 2. The van der Waals surface area contributed by atoms with Gasteiger partial charge < -0.3 is 0 Å². The van der Waals surface area contributed by atoms with Crippen LogP contribution in [0.25, 0.3) is 0 Å². The normalized spacial score (nSPS) is 42.6. The van der Waals surface area contributed by atoms with Crippen LogP contribution in [-0.4, -0.2) is 11.6 Å². The van der Waals surface area contributed by atoms with E-state index >= 15 is 0 Å². The Hall–Kier alpha value is -0.920. The Kier molecular flexibility index (Phi) is 3.13. The summed E-state index contributed by atoms with van der Waals surface area (Å²) in [7, 11) is 0. The van der Waals surface area contributed by atoms with Gasteiger partial charge in [0.15, 0.2) is 0 Å². The first-order chi connectivity index (χ1) is 10.2. The molecule has 0 bridgehead atoms. The van der Waals surface area contributed by atoms with Crippen molar-refractivity contribution in [3.05, 3.63) is 11.1 Å². The number of ketones is 2. The molecule has 2 saturated carbocycles. The molecule has 4 rings (SSSR count). The number of rotatable bonds is 1. The van der Waals surface area contributed by atoms with Gasteiger partial charge in [0, 0.05) is 24.7 Å². The summed E-state index contributed by atoms with van der Waals surface area (Å²) in [4.78, 5) is 24.2. The molecule has 0 aromatic carbocycles. The highest BCUT2D eigenvalue weighted by Crippen LogP contribution is 2.61. The van der Waals surface area contributed by atoms with E-state index in [-0.39, 0.29) is 5.41 Å². The minimum Gasteiger partial charge on any atom is -0.299 e. The largest absolute Gasteiger partial charge is 0.299 e. The standard InChI is InChI=1S/C19H26O2/c1-2-19-10-9-15-14-6-4-13(20)11-12(14)3-5-16(15)17(19)7-8-18(19)21/h15-17H,2-11H2,1H3/t15-,16-,17+,19?/m1/s1. The smallest absolute Gasteiger partial charge is 0.139 e. The average Bonchev–Trinajstić information content (AvgIpc) is 2.84. The molecular formula is C19H26O2. The first kappa shape index (κ1) is 13.7. The Morgan fingerprint density at radius 2 is 1.90 bits per heavy atom. The predicted molar refractivity (Wildman–Crippen MR) is 81.8 cm³/mol. The highest BCUT2D eigenvalue weighted by molar-refractivity contribution is 5.87. The number of carbonyl (C=O) groups excluding carboxylic acids is 2. The van der Waals surface area contributed by atoms with Gasteiger partial charge in [0.1, 0.15) is 11.6 Å². The fraction of sp³-hybridized carbons (Fsp3) is 0.789. The van der Waals surface area contributed by atoms with Gasteiger partial charge in [-0.2, -0.15) is 0 Å². The first-order valence-corrected chi connectivity index (χ1v) is 8.91. The Labute approximate surface area is 127 Å². The minimum atomic E-state index is 0.0315. The zero-order valence-corrected chi connectivity index (χ0v) is 13.1. The lowest BCUT2D eigenvalue weighted by Crippen LogP contribution is -2.45. The molecule has 0 saturated heterocycles. The van der Waals surface area contributed by atoms with Gasteiger partial charge >= 0.3 is 0 Å². The maximum atomic E-state index is 12.5. The number of Topliss-reactive ketones (excluding diaryl/α,β-unsaturated/α-hetero) is 2. The summed E-state index contributed by atoms with van der Waals surface area (Å²) >= 11 is 0. The summed E-state index contributed by atoms with van der Waals surface area (Å²) in [5.74, 6) is 3.09. The van der Waals surface area contributed by atoms with Crippen LogP contribution >= 0.6 is 0 Å². The lowest BCUT2D eigenvalue weighted by atomic mass is 9.53. The molecule has 4 atom stereocenters. The van der Waals surface area contributed by atoms with Gasteiger partial charge in [-0.25, -0.2) is 0 Å². The van der Waals surface area contributed by atoms with Crippen molar-refractivity contribution in [1.82, 2.24) is 0 Å². The third-order valence-corrected chi connectivity index (χ3v) is 7.28. The van der Waals surface area contributed by atoms with Crippen LogP contribution in [0.5, 0.6) is 0 Å². The van der Waals surface area contributed by atoms with Crippen molar-refractivity contribution in [1.29, 1.82) is 0 Å². The van der Waals surface area contributed by atoms with E-state index in [2.05, 4.69) is 6.92 Å². The molecule has 1 unspecified atom stereocenters. The van der Waals surface area contributed by atoms with E-state index in [1.54, 1.807) is 5.57 Å². The molecule has 0 radical (unpaired) electrons. The van der Waals surface area contributed by atoms with E-state index in [1.807, 2.05) is 0 Å². The van der Waals surface area contributed by atoms with Crippen molar-refractivity contribution in [2.45, 2.75) is 71.1 Å². The number of hydrogen-bond donors (Lipinski definition) is 0.